The Balaban J connectivity index is 1.74. The van der Waals surface area contributed by atoms with Gasteiger partial charge in [0, 0.05) is 11.8 Å². The van der Waals surface area contributed by atoms with Gasteiger partial charge in [-0.1, -0.05) is 18.2 Å². The van der Waals surface area contributed by atoms with E-state index >= 15 is 0 Å². The lowest BCUT2D eigenvalue weighted by atomic mass is 10.1. The summed E-state index contributed by atoms with van der Waals surface area (Å²) in [5, 5.41) is 20.8. The fourth-order valence-electron chi connectivity index (χ4n) is 1.90. The van der Waals surface area contributed by atoms with Crippen LogP contribution >= 0.6 is 0 Å². The average molecular weight is 296 g/mol. The van der Waals surface area contributed by atoms with Crippen LogP contribution in [-0.2, 0) is 6.54 Å². The summed E-state index contributed by atoms with van der Waals surface area (Å²) >= 11 is 0. The third kappa shape index (κ3) is 2.96. The molecule has 8 heteroatoms. The van der Waals surface area contributed by atoms with Crippen LogP contribution in [0.3, 0.4) is 0 Å². The second kappa shape index (κ2) is 6.10. The van der Waals surface area contributed by atoms with Gasteiger partial charge in [0.25, 0.3) is 5.91 Å². The number of carbonyl (C=O) groups excluding carboxylic acids is 1. The van der Waals surface area contributed by atoms with Gasteiger partial charge in [0.05, 0.1) is 6.54 Å². The van der Waals surface area contributed by atoms with Crippen LogP contribution in [-0.4, -0.2) is 36.3 Å². The topological polar surface area (TPSA) is 106 Å². The van der Waals surface area contributed by atoms with Gasteiger partial charge < -0.3 is 0 Å². The van der Waals surface area contributed by atoms with Gasteiger partial charge in [-0.15, -0.1) is 10.2 Å². The predicted octanol–water partition coefficient (Wildman–Crippen LogP) is 0.902. The van der Waals surface area contributed by atoms with Gasteiger partial charge in [-0.2, -0.15) is 4.80 Å². The first-order valence-corrected chi connectivity index (χ1v) is 6.49. The SMILES string of the molecule is O=C(NO)c1ccc(Cn2nnc(-c3ccccn3)n2)cc1. The Hall–Kier alpha value is -3.13. The number of amides is 1. The molecule has 2 heterocycles. The lowest BCUT2D eigenvalue weighted by Gasteiger charge is -2.02. The highest BCUT2D eigenvalue weighted by Gasteiger charge is 2.08. The number of tetrazole rings is 1. The highest BCUT2D eigenvalue weighted by molar-refractivity contribution is 5.93. The van der Waals surface area contributed by atoms with Crippen LogP contribution in [0.1, 0.15) is 15.9 Å². The fraction of sp³-hybridized carbons (Fsp3) is 0.0714. The summed E-state index contributed by atoms with van der Waals surface area (Å²) in [5.74, 6) is -0.0975. The van der Waals surface area contributed by atoms with Gasteiger partial charge in [0.2, 0.25) is 5.82 Å². The standard InChI is InChI=1S/C14H12N6O2/c21-14(18-22)11-6-4-10(5-7-11)9-20-17-13(16-19-20)12-3-1-2-8-15-12/h1-8,22H,9H2,(H,18,21). The van der Waals surface area contributed by atoms with Crippen molar-refractivity contribution in [2.24, 2.45) is 0 Å². The third-order valence-electron chi connectivity index (χ3n) is 2.99. The van der Waals surface area contributed by atoms with Crippen LogP contribution in [0.25, 0.3) is 11.5 Å². The normalized spacial score (nSPS) is 10.4. The summed E-state index contributed by atoms with van der Waals surface area (Å²) in [5.41, 5.74) is 3.51. The molecule has 0 aliphatic carbocycles. The van der Waals surface area contributed by atoms with E-state index < -0.39 is 5.91 Å². The van der Waals surface area contributed by atoms with Crippen molar-refractivity contribution < 1.29 is 10.0 Å². The molecular weight excluding hydrogens is 284 g/mol. The molecule has 0 fully saturated rings. The Morgan fingerprint density at radius 3 is 2.68 bits per heavy atom. The highest BCUT2D eigenvalue weighted by atomic mass is 16.5. The van der Waals surface area contributed by atoms with Crippen molar-refractivity contribution >= 4 is 5.91 Å². The van der Waals surface area contributed by atoms with E-state index in [9.17, 15) is 4.79 Å². The number of hydroxylamine groups is 1. The molecule has 0 aliphatic rings. The molecule has 0 bridgehead atoms. The zero-order valence-corrected chi connectivity index (χ0v) is 11.4. The molecule has 3 rings (SSSR count). The minimum Gasteiger partial charge on any atom is -0.288 e. The van der Waals surface area contributed by atoms with Gasteiger partial charge in [-0.3, -0.25) is 15.0 Å². The molecular formula is C14H12N6O2. The van der Waals surface area contributed by atoms with E-state index in [2.05, 4.69) is 20.4 Å². The van der Waals surface area contributed by atoms with Crippen molar-refractivity contribution in [2.45, 2.75) is 6.54 Å². The summed E-state index contributed by atoms with van der Waals surface area (Å²) in [6.07, 6.45) is 1.67. The molecule has 0 saturated carbocycles. The number of rotatable bonds is 4. The Kier molecular flexibility index (Phi) is 3.84. The van der Waals surface area contributed by atoms with Crippen molar-refractivity contribution in [3.63, 3.8) is 0 Å². The minimum atomic E-state index is -0.553. The minimum absolute atomic E-state index is 0.368. The molecule has 110 valence electrons. The van der Waals surface area contributed by atoms with Crippen molar-refractivity contribution in [1.82, 2.24) is 30.7 Å². The summed E-state index contributed by atoms with van der Waals surface area (Å²) in [4.78, 5) is 16.8. The van der Waals surface area contributed by atoms with E-state index in [0.29, 0.717) is 23.6 Å². The number of nitrogens with zero attached hydrogens (tertiary/aromatic N) is 5. The Labute approximate surface area is 125 Å². The monoisotopic (exact) mass is 296 g/mol. The van der Waals surface area contributed by atoms with Crippen molar-refractivity contribution in [2.75, 3.05) is 0 Å². The Bertz CT molecular complexity index is 770. The van der Waals surface area contributed by atoms with Gasteiger partial charge in [0.15, 0.2) is 0 Å². The second-order valence-electron chi connectivity index (χ2n) is 4.50. The summed E-state index contributed by atoms with van der Waals surface area (Å²) in [6, 6.07) is 12.2. The Morgan fingerprint density at radius 1 is 1.18 bits per heavy atom. The van der Waals surface area contributed by atoms with Gasteiger partial charge >= 0.3 is 0 Å². The van der Waals surface area contributed by atoms with E-state index in [1.54, 1.807) is 35.9 Å². The van der Waals surface area contributed by atoms with Crippen molar-refractivity contribution in [1.29, 1.82) is 0 Å². The van der Waals surface area contributed by atoms with Gasteiger partial charge in [-0.05, 0) is 35.0 Å². The van der Waals surface area contributed by atoms with Crippen LogP contribution in [0.5, 0.6) is 0 Å². The maximum atomic E-state index is 11.2. The lowest BCUT2D eigenvalue weighted by Crippen LogP contribution is -2.18. The number of hydrogen-bond donors (Lipinski definition) is 2. The summed E-state index contributed by atoms with van der Waals surface area (Å²) in [6.45, 7) is 0.418. The molecule has 3 aromatic rings. The zero-order chi connectivity index (χ0) is 15.4. The van der Waals surface area contributed by atoms with E-state index in [4.69, 9.17) is 5.21 Å². The summed E-state index contributed by atoms with van der Waals surface area (Å²) < 4.78 is 0. The number of nitrogens with one attached hydrogen (secondary N) is 1. The summed E-state index contributed by atoms with van der Waals surface area (Å²) in [7, 11) is 0. The van der Waals surface area contributed by atoms with Crippen LogP contribution in [0.2, 0.25) is 0 Å². The molecule has 0 aliphatic heterocycles. The molecule has 2 aromatic heterocycles. The molecule has 0 unspecified atom stereocenters. The number of pyridine rings is 1. The van der Waals surface area contributed by atoms with E-state index in [-0.39, 0.29) is 0 Å². The first-order chi connectivity index (χ1) is 10.8. The zero-order valence-electron chi connectivity index (χ0n) is 11.4. The second-order valence-corrected chi connectivity index (χ2v) is 4.50. The van der Waals surface area contributed by atoms with E-state index in [0.717, 1.165) is 5.56 Å². The molecule has 22 heavy (non-hydrogen) atoms. The number of benzene rings is 1. The largest absolute Gasteiger partial charge is 0.288 e. The van der Waals surface area contributed by atoms with E-state index in [1.807, 2.05) is 18.2 Å². The van der Waals surface area contributed by atoms with Gasteiger partial charge in [-0.25, -0.2) is 5.48 Å². The smallest absolute Gasteiger partial charge is 0.274 e. The van der Waals surface area contributed by atoms with Crippen LogP contribution in [0.4, 0.5) is 0 Å². The molecule has 0 radical (unpaired) electrons. The van der Waals surface area contributed by atoms with Crippen molar-refractivity contribution in [3.05, 3.63) is 59.8 Å². The molecule has 0 spiro atoms. The number of hydrogen-bond acceptors (Lipinski definition) is 6. The van der Waals surface area contributed by atoms with Crippen LogP contribution in [0.15, 0.2) is 48.7 Å². The number of aromatic nitrogens is 5. The molecule has 2 N–H and O–H groups in total. The quantitative estimate of drug-likeness (QED) is 0.547. The maximum absolute atomic E-state index is 11.2. The molecule has 0 atom stereocenters. The van der Waals surface area contributed by atoms with E-state index in [1.165, 1.54) is 4.80 Å². The fourth-order valence-corrected chi connectivity index (χ4v) is 1.90. The first kappa shape index (κ1) is 13.8. The predicted molar refractivity (Wildman–Crippen MR) is 75.8 cm³/mol. The first-order valence-electron chi connectivity index (χ1n) is 6.49. The van der Waals surface area contributed by atoms with Crippen molar-refractivity contribution in [3.8, 4) is 11.5 Å². The third-order valence-corrected chi connectivity index (χ3v) is 2.99. The van der Waals surface area contributed by atoms with Crippen LogP contribution in [0, 0.1) is 0 Å². The molecule has 1 amide bonds. The Morgan fingerprint density at radius 2 is 2.00 bits per heavy atom. The maximum Gasteiger partial charge on any atom is 0.274 e. The molecule has 0 saturated heterocycles. The van der Waals surface area contributed by atoms with Gasteiger partial charge in [0.1, 0.15) is 5.69 Å². The lowest BCUT2D eigenvalue weighted by molar-refractivity contribution is 0.0706. The number of carbonyl (C=O) groups is 1. The average Bonchev–Trinajstić information content (AvgIpc) is 3.04. The van der Waals surface area contributed by atoms with Crippen LogP contribution < -0.4 is 5.48 Å². The highest BCUT2D eigenvalue weighted by Crippen LogP contribution is 2.10. The molecule has 1 aromatic carbocycles. The molecule has 8 nitrogen and oxygen atoms in total.